The summed E-state index contributed by atoms with van der Waals surface area (Å²) in [6.07, 6.45) is 0. The first-order chi connectivity index (χ1) is 10.5. The molecule has 0 spiro atoms. The van der Waals surface area contributed by atoms with Crippen molar-refractivity contribution in [1.29, 1.82) is 0 Å². The van der Waals surface area contributed by atoms with Gasteiger partial charge in [-0.05, 0) is 56.2 Å². The van der Waals surface area contributed by atoms with Crippen LogP contribution in [0.1, 0.15) is 31.0 Å². The van der Waals surface area contributed by atoms with Crippen LogP contribution in [-0.4, -0.2) is 11.9 Å². The molecule has 2 N–H and O–H groups in total. The highest BCUT2D eigenvalue weighted by Gasteiger charge is 2.16. The van der Waals surface area contributed by atoms with E-state index in [1.165, 1.54) is 0 Å². The van der Waals surface area contributed by atoms with Crippen molar-refractivity contribution in [3.63, 3.8) is 0 Å². The maximum absolute atomic E-state index is 12.2. The molecule has 0 aromatic heterocycles. The fourth-order valence-electron chi connectivity index (χ4n) is 2.27. The Kier molecular flexibility index (Phi) is 5.58. The molecule has 0 radical (unpaired) electrons. The van der Waals surface area contributed by atoms with Crippen molar-refractivity contribution in [3.05, 3.63) is 64.7 Å². The van der Waals surface area contributed by atoms with E-state index in [4.69, 9.17) is 11.6 Å². The number of aryl methyl sites for hydroxylation is 1. The molecule has 0 aliphatic rings. The van der Waals surface area contributed by atoms with Crippen LogP contribution in [0.5, 0.6) is 0 Å². The monoisotopic (exact) mass is 316 g/mol. The predicted octanol–water partition coefficient (Wildman–Crippen LogP) is 4.33. The Morgan fingerprint density at radius 3 is 2.41 bits per heavy atom. The molecule has 2 aromatic rings. The highest BCUT2D eigenvalue weighted by Crippen LogP contribution is 2.17. The zero-order chi connectivity index (χ0) is 16.1. The van der Waals surface area contributed by atoms with Gasteiger partial charge < -0.3 is 5.32 Å². The Morgan fingerprint density at radius 1 is 1.09 bits per heavy atom. The Labute approximate surface area is 136 Å². The second-order valence-electron chi connectivity index (χ2n) is 5.52. The molecule has 0 aliphatic heterocycles. The van der Waals surface area contributed by atoms with Gasteiger partial charge in [-0.2, -0.15) is 0 Å². The van der Waals surface area contributed by atoms with Gasteiger partial charge in [0.15, 0.2) is 0 Å². The average molecular weight is 317 g/mol. The number of anilines is 1. The van der Waals surface area contributed by atoms with Crippen LogP contribution in [0.3, 0.4) is 0 Å². The molecule has 0 fully saturated rings. The Hall–Kier alpha value is -1.84. The number of benzene rings is 2. The summed E-state index contributed by atoms with van der Waals surface area (Å²) in [6, 6.07) is 15.2. The average Bonchev–Trinajstić information content (AvgIpc) is 2.47. The van der Waals surface area contributed by atoms with Gasteiger partial charge in [0.2, 0.25) is 5.91 Å². The minimum Gasteiger partial charge on any atom is -0.325 e. The van der Waals surface area contributed by atoms with Crippen molar-refractivity contribution in [2.45, 2.75) is 32.9 Å². The first kappa shape index (κ1) is 16.5. The molecule has 2 aromatic carbocycles. The van der Waals surface area contributed by atoms with Crippen molar-refractivity contribution in [2.75, 3.05) is 5.32 Å². The second kappa shape index (κ2) is 7.43. The van der Waals surface area contributed by atoms with Crippen LogP contribution in [0.2, 0.25) is 5.02 Å². The molecule has 2 atom stereocenters. The zero-order valence-corrected chi connectivity index (χ0v) is 13.8. The number of rotatable bonds is 5. The van der Waals surface area contributed by atoms with E-state index in [0.29, 0.717) is 5.02 Å². The van der Waals surface area contributed by atoms with Crippen LogP contribution in [0, 0.1) is 6.92 Å². The summed E-state index contributed by atoms with van der Waals surface area (Å²) in [5.41, 5.74) is 3.03. The lowest BCUT2D eigenvalue weighted by Gasteiger charge is -2.20. The minimum atomic E-state index is -0.300. The summed E-state index contributed by atoms with van der Waals surface area (Å²) in [7, 11) is 0. The van der Waals surface area contributed by atoms with Crippen LogP contribution in [-0.2, 0) is 4.79 Å². The number of carbonyl (C=O) groups excluding carboxylic acids is 1. The van der Waals surface area contributed by atoms with Gasteiger partial charge in [0.05, 0.1) is 6.04 Å². The molecule has 116 valence electrons. The van der Waals surface area contributed by atoms with Gasteiger partial charge in [-0.25, -0.2) is 0 Å². The smallest absolute Gasteiger partial charge is 0.241 e. The molecule has 0 aliphatic carbocycles. The molecule has 0 heterocycles. The van der Waals surface area contributed by atoms with E-state index >= 15 is 0 Å². The highest BCUT2D eigenvalue weighted by atomic mass is 35.5. The van der Waals surface area contributed by atoms with E-state index in [9.17, 15) is 4.79 Å². The van der Waals surface area contributed by atoms with Gasteiger partial charge in [-0.1, -0.05) is 35.9 Å². The zero-order valence-electron chi connectivity index (χ0n) is 13.1. The van der Waals surface area contributed by atoms with Crippen molar-refractivity contribution in [3.8, 4) is 0 Å². The highest BCUT2D eigenvalue weighted by molar-refractivity contribution is 6.30. The Balaban J connectivity index is 1.94. The fraction of sp³-hybridized carbons (Fsp3) is 0.278. The second-order valence-corrected chi connectivity index (χ2v) is 5.96. The van der Waals surface area contributed by atoms with Gasteiger partial charge in [-0.15, -0.1) is 0 Å². The number of nitrogens with one attached hydrogen (secondary N) is 2. The van der Waals surface area contributed by atoms with E-state index in [0.717, 1.165) is 16.8 Å². The standard InChI is InChI=1S/C18H21ClN2O/c1-12-5-4-6-17(11-12)21-18(22)14(3)20-13(2)15-7-9-16(19)10-8-15/h4-11,13-14,20H,1-3H3,(H,21,22)/t13-,14-/m1/s1. The molecule has 4 heteroatoms. The van der Waals surface area contributed by atoms with Crippen LogP contribution in [0.15, 0.2) is 48.5 Å². The number of hydrogen-bond acceptors (Lipinski definition) is 2. The molecular formula is C18H21ClN2O. The molecule has 22 heavy (non-hydrogen) atoms. The van der Waals surface area contributed by atoms with Gasteiger partial charge in [0.1, 0.15) is 0 Å². The van der Waals surface area contributed by atoms with E-state index in [1.807, 2.05) is 69.3 Å². The number of halogens is 1. The van der Waals surface area contributed by atoms with Gasteiger partial charge >= 0.3 is 0 Å². The van der Waals surface area contributed by atoms with Crippen molar-refractivity contribution in [1.82, 2.24) is 5.32 Å². The van der Waals surface area contributed by atoms with E-state index in [-0.39, 0.29) is 18.0 Å². The third-order valence-electron chi connectivity index (χ3n) is 3.55. The Morgan fingerprint density at radius 2 is 1.77 bits per heavy atom. The van der Waals surface area contributed by atoms with E-state index < -0.39 is 0 Å². The fourth-order valence-corrected chi connectivity index (χ4v) is 2.40. The van der Waals surface area contributed by atoms with Crippen LogP contribution < -0.4 is 10.6 Å². The van der Waals surface area contributed by atoms with E-state index in [1.54, 1.807) is 0 Å². The van der Waals surface area contributed by atoms with Gasteiger partial charge in [-0.3, -0.25) is 10.1 Å². The normalized spacial score (nSPS) is 13.5. The van der Waals surface area contributed by atoms with Gasteiger partial charge in [0, 0.05) is 16.8 Å². The molecule has 0 saturated heterocycles. The summed E-state index contributed by atoms with van der Waals surface area (Å²) in [5, 5.41) is 6.93. The summed E-state index contributed by atoms with van der Waals surface area (Å²) in [6.45, 7) is 5.89. The maximum Gasteiger partial charge on any atom is 0.241 e. The molecular weight excluding hydrogens is 296 g/mol. The minimum absolute atomic E-state index is 0.0496. The van der Waals surface area contributed by atoms with Crippen molar-refractivity contribution in [2.24, 2.45) is 0 Å². The van der Waals surface area contributed by atoms with Crippen LogP contribution in [0.25, 0.3) is 0 Å². The number of amides is 1. The first-order valence-electron chi connectivity index (χ1n) is 7.35. The third-order valence-corrected chi connectivity index (χ3v) is 3.80. The first-order valence-corrected chi connectivity index (χ1v) is 7.72. The molecule has 0 bridgehead atoms. The largest absolute Gasteiger partial charge is 0.325 e. The van der Waals surface area contributed by atoms with Crippen molar-refractivity contribution >= 4 is 23.2 Å². The van der Waals surface area contributed by atoms with E-state index in [2.05, 4.69) is 10.6 Å². The quantitative estimate of drug-likeness (QED) is 0.862. The molecule has 3 nitrogen and oxygen atoms in total. The maximum atomic E-state index is 12.2. The number of carbonyl (C=O) groups is 1. The summed E-state index contributed by atoms with van der Waals surface area (Å²) in [4.78, 5) is 12.2. The predicted molar refractivity (Wildman–Crippen MR) is 92.3 cm³/mol. The molecule has 1 amide bonds. The molecule has 0 saturated carbocycles. The molecule has 2 rings (SSSR count). The van der Waals surface area contributed by atoms with Crippen LogP contribution >= 0.6 is 11.6 Å². The number of hydrogen-bond donors (Lipinski definition) is 2. The summed E-state index contributed by atoms with van der Waals surface area (Å²) in [5.74, 6) is -0.0496. The van der Waals surface area contributed by atoms with Crippen LogP contribution in [0.4, 0.5) is 5.69 Å². The summed E-state index contributed by atoms with van der Waals surface area (Å²) >= 11 is 5.89. The lowest BCUT2D eigenvalue weighted by Crippen LogP contribution is -2.39. The molecule has 0 unspecified atom stereocenters. The Bertz CT molecular complexity index is 640. The third kappa shape index (κ3) is 4.58. The van der Waals surface area contributed by atoms with Gasteiger partial charge in [0.25, 0.3) is 0 Å². The lowest BCUT2D eigenvalue weighted by molar-refractivity contribution is -0.117. The topological polar surface area (TPSA) is 41.1 Å². The summed E-state index contributed by atoms with van der Waals surface area (Å²) < 4.78 is 0. The SMILES string of the molecule is Cc1cccc(NC(=O)[C@@H](C)N[C@H](C)c2ccc(Cl)cc2)c1. The lowest BCUT2D eigenvalue weighted by atomic mass is 10.1. The van der Waals surface area contributed by atoms with Crippen molar-refractivity contribution < 1.29 is 4.79 Å².